The maximum absolute atomic E-state index is 13.3. The molecule has 7 heteroatoms. The van der Waals surface area contributed by atoms with Crippen LogP contribution in [0.4, 0.5) is 0 Å². The second-order valence-corrected chi connectivity index (χ2v) is 21.3. The highest BCUT2D eigenvalue weighted by Gasteiger charge is 2.58. The molecule has 4 aliphatic carbocycles. The first-order chi connectivity index (χ1) is 30.1. The van der Waals surface area contributed by atoms with Crippen LogP contribution in [0.2, 0.25) is 0 Å². The van der Waals surface area contributed by atoms with Gasteiger partial charge in [0.25, 0.3) is 0 Å². The van der Waals surface area contributed by atoms with Crippen LogP contribution < -0.4 is 0 Å². The van der Waals surface area contributed by atoms with Gasteiger partial charge >= 0.3 is 17.9 Å². The normalized spacial score (nSPS) is 23.4. The molecule has 0 spiro atoms. The van der Waals surface area contributed by atoms with Crippen molar-refractivity contribution in [1.29, 1.82) is 0 Å². The number of fused-ring (bicyclic) bond motifs is 1. The van der Waals surface area contributed by atoms with Gasteiger partial charge in [-0.1, -0.05) is 137 Å². The van der Waals surface area contributed by atoms with Gasteiger partial charge in [-0.3, -0.25) is 14.4 Å². The van der Waals surface area contributed by atoms with Crippen molar-refractivity contribution in [1.82, 2.24) is 4.90 Å². The summed E-state index contributed by atoms with van der Waals surface area (Å²) in [6, 6.07) is 0. The fraction of sp³-hybridized carbons (Fsp3) is 0.945. The lowest BCUT2D eigenvalue weighted by Crippen LogP contribution is -2.45. The molecule has 0 N–H and O–H groups in total. The molecule has 0 aromatic rings. The van der Waals surface area contributed by atoms with E-state index in [1.54, 1.807) is 0 Å². The Kier molecular flexibility index (Phi) is 28.3. The minimum Gasteiger partial charge on any atom is -0.466 e. The topological polar surface area (TPSA) is 82.1 Å². The highest BCUT2D eigenvalue weighted by Crippen LogP contribution is 2.69. The molecular formula is C55H101NO6. The maximum Gasteiger partial charge on any atom is 0.306 e. The van der Waals surface area contributed by atoms with E-state index in [0.717, 1.165) is 96.2 Å². The molecule has 0 amide bonds. The highest BCUT2D eigenvalue weighted by atomic mass is 16.5. The lowest BCUT2D eigenvalue weighted by Gasteiger charge is -2.56. The van der Waals surface area contributed by atoms with Gasteiger partial charge < -0.3 is 19.1 Å². The molecule has 4 bridgehead atoms. The van der Waals surface area contributed by atoms with Crippen molar-refractivity contribution in [3.8, 4) is 0 Å². The Morgan fingerprint density at radius 3 is 1.39 bits per heavy atom. The number of hydrogen-bond acceptors (Lipinski definition) is 7. The van der Waals surface area contributed by atoms with Crippen LogP contribution >= 0.6 is 0 Å². The molecule has 0 aliphatic heterocycles. The van der Waals surface area contributed by atoms with E-state index in [4.69, 9.17) is 14.2 Å². The summed E-state index contributed by atoms with van der Waals surface area (Å²) in [5.41, 5.74) is 0.887. The first kappa shape index (κ1) is 54.7. The summed E-state index contributed by atoms with van der Waals surface area (Å²) in [5, 5.41) is 0. The van der Waals surface area contributed by atoms with E-state index in [0.29, 0.717) is 55.8 Å². The largest absolute Gasteiger partial charge is 0.466 e. The van der Waals surface area contributed by atoms with Crippen LogP contribution in [0.1, 0.15) is 266 Å². The van der Waals surface area contributed by atoms with Crippen molar-refractivity contribution in [2.45, 2.75) is 266 Å². The van der Waals surface area contributed by atoms with Gasteiger partial charge in [-0.05, 0) is 157 Å². The first-order valence-electron chi connectivity index (χ1n) is 27.3. The van der Waals surface area contributed by atoms with E-state index in [9.17, 15) is 14.4 Å². The molecule has 4 fully saturated rings. The Morgan fingerprint density at radius 1 is 0.484 bits per heavy atom. The average molecular weight is 872 g/mol. The molecule has 4 aliphatic rings. The molecule has 362 valence electrons. The Balaban J connectivity index is 1.55. The summed E-state index contributed by atoms with van der Waals surface area (Å²) in [6.07, 6.45) is 41.4. The maximum atomic E-state index is 13.3. The van der Waals surface area contributed by atoms with Crippen LogP contribution in [0.25, 0.3) is 0 Å². The van der Waals surface area contributed by atoms with E-state index in [1.807, 2.05) is 0 Å². The summed E-state index contributed by atoms with van der Waals surface area (Å²) in [4.78, 5) is 41.0. The lowest BCUT2D eigenvalue weighted by atomic mass is 9.49. The number of nitrogens with zero attached hydrogens (tertiary/aromatic N) is 1. The van der Waals surface area contributed by atoms with E-state index < -0.39 is 0 Å². The average Bonchev–Trinajstić information content (AvgIpc) is 3.42. The molecule has 0 heterocycles. The van der Waals surface area contributed by atoms with Gasteiger partial charge in [0.2, 0.25) is 0 Å². The number of hydrogen-bond donors (Lipinski definition) is 0. The van der Waals surface area contributed by atoms with E-state index >= 15 is 0 Å². The van der Waals surface area contributed by atoms with Crippen LogP contribution in [-0.4, -0.2) is 62.3 Å². The minimum absolute atomic E-state index is 0.0134. The lowest BCUT2D eigenvalue weighted by molar-refractivity contribution is -0.145. The van der Waals surface area contributed by atoms with Crippen LogP contribution in [0.15, 0.2) is 0 Å². The zero-order valence-electron chi connectivity index (χ0n) is 41.7. The van der Waals surface area contributed by atoms with E-state index in [2.05, 4.69) is 39.5 Å². The van der Waals surface area contributed by atoms with Crippen molar-refractivity contribution in [3.05, 3.63) is 0 Å². The number of ether oxygens (including phenoxy) is 3. The summed E-state index contributed by atoms with van der Waals surface area (Å²) >= 11 is 0. The van der Waals surface area contributed by atoms with Gasteiger partial charge in [-0.2, -0.15) is 0 Å². The zero-order chi connectivity index (χ0) is 44.8. The fourth-order valence-electron chi connectivity index (χ4n) is 12.8. The van der Waals surface area contributed by atoms with Gasteiger partial charge in [0.05, 0.1) is 19.8 Å². The van der Waals surface area contributed by atoms with E-state index in [1.165, 1.54) is 141 Å². The summed E-state index contributed by atoms with van der Waals surface area (Å²) in [5.74, 6) is 1.15. The van der Waals surface area contributed by atoms with Crippen molar-refractivity contribution < 1.29 is 28.6 Å². The molecule has 0 radical (unpaired) electrons. The number of carbonyl (C=O) groups excluding carboxylic acids is 3. The Hall–Kier alpha value is -1.63. The number of carbonyl (C=O) groups is 3. The number of unbranched alkanes of at least 4 members (excludes halogenated alkanes) is 14. The first-order valence-corrected chi connectivity index (χ1v) is 27.3. The van der Waals surface area contributed by atoms with Crippen molar-refractivity contribution >= 4 is 17.9 Å². The molecule has 0 aromatic heterocycles. The zero-order valence-corrected chi connectivity index (χ0v) is 41.7. The van der Waals surface area contributed by atoms with Crippen molar-refractivity contribution in [2.75, 3.05) is 39.5 Å². The quantitative estimate of drug-likeness (QED) is 0.0344. The molecule has 5 unspecified atom stereocenters. The Morgan fingerprint density at radius 2 is 0.887 bits per heavy atom. The van der Waals surface area contributed by atoms with Crippen molar-refractivity contribution in [2.24, 2.45) is 28.1 Å². The van der Waals surface area contributed by atoms with Gasteiger partial charge in [-0.25, -0.2) is 0 Å². The number of rotatable bonds is 40. The third-order valence-electron chi connectivity index (χ3n) is 15.8. The van der Waals surface area contributed by atoms with Crippen molar-refractivity contribution in [3.63, 3.8) is 0 Å². The summed E-state index contributed by atoms with van der Waals surface area (Å²) in [6.45, 7) is 15.8. The van der Waals surface area contributed by atoms with Crippen LogP contribution in [0.3, 0.4) is 0 Å². The Bertz CT molecular complexity index is 1190. The third-order valence-corrected chi connectivity index (χ3v) is 15.8. The standard InChI is InChI=1S/C55H101NO6/c1-6-11-14-17-19-21-24-31-50(57)60-39-26-33-53-36-37-54(34-27-40-61-51(58)32-25-38-56(9-4)10-5)44-49(43-53)45-55(46-53,47-54)35-28-41-62-52(59)42-48(29-22-16-13-8-3)30-23-20-18-15-12-7-2/h48-49H,6-47H2,1-5H3. The number of esters is 3. The monoisotopic (exact) mass is 872 g/mol. The SMILES string of the molecule is CCCCCCCCCC(=O)OCCCC12CCC3(CCCOC(=O)CCCN(CC)CC)CC(C1)CC(CCCOC(=O)CC(CCCCCC)CCCCCCCC)(C2)C3. The summed E-state index contributed by atoms with van der Waals surface area (Å²) < 4.78 is 17.7. The molecule has 4 saturated carbocycles. The molecule has 7 nitrogen and oxygen atoms in total. The van der Waals surface area contributed by atoms with Gasteiger partial charge in [0.15, 0.2) is 0 Å². The molecular weight excluding hydrogens is 771 g/mol. The molecule has 5 atom stereocenters. The van der Waals surface area contributed by atoms with Gasteiger partial charge in [0, 0.05) is 19.3 Å². The highest BCUT2D eigenvalue weighted by molar-refractivity contribution is 5.70. The second-order valence-electron chi connectivity index (χ2n) is 21.3. The van der Waals surface area contributed by atoms with Crippen LogP contribution in [-0.2, 0) is 28.6 Å². The third kappa shape index (κ3) is 22.0. The minimum atomic E-state index is -0.0439. The molecule has 62 heavy (non-hydrogen) atoms. The summed E-state index contributed by atoms with van der Waals surface area (Å²) in [7, 11) is 0. The predicted molar refractivity (Wildman–Crippen MR) is 258 cm³/mol. The van der Waals surface area contributed by atoms with Gasteiger partial charge in [0.1, 0.15) is 0 Å². The van der Waals surface area contributed by atoms with Crippen LogP contribution in [0, 0.1) is 28.1 Å². The molecule has 0 saturated heterocycles. The molecule has 4 rings (SSSR count). The van der Waals surface area contributed by atoms with Crippen LogP contribution in [0.5, 0.6) is 0 Å². The van der Waals surface area contributed by atoms with E-state index in [-0.39, 0.29) is 23.3 Å². The second kappa shape index (κ2) is 32.1. The predicted octanol–water partition coefficient (Wildman–Crippen LogP) is 15.3. The van der Waals surface area contributed by atoms with Gasteiger partial charge in [-0.15, -0.1) is 0 Å². The smallest absolute Gasteiger partial charge is 0.306 e. The fourth-order valence-corrected chi connectivity index (χ4v) is 12.8. The Labute approximate surface area is 383 Å². The molecule has 0 aromatic carbocycles.